The average Bonchev–Trinajstić information content (AvgIpc) is 2.65. The topological polar surface area (TPSA) is 43.8 Å². The predicted octanol–water partition coefficient (Wildman–Crippen LogP) is 2.21. The van der Waals surface area contributed by atoms with Gasteiger partial charge in [0, 0.05) is 17.8 Å². The third-order valence-electron chi connectivity index (χ3n) is 2.49. The quantitative estimate of drug-likeness (QED) is 0.853. The van der Waals surface area contributed by atoms with Gasteiger partial charge in [-0.3, -0.25) is 4.68 Å². The Morgan fingerprint density at radius 2 is 2.19 bits per heavy atom. The Labute approximate surface area is 95.9 Å². The van der Waals surface area contributed by atoms with Crippen molar-refractivity contribution in [2.75, 3.05) is 0 Å². The van der Waals surface area contributed by atoms with Crippen molar-refractivity contribution in [2.24, 2.45) is 5.73 Å². The molecule has 0 saturated carbocycles. The van der Waals surface area contributed by atoms with E-state index >= 15 is 0 Å². The minimum atomic E-state index is 0.114. The Bertz CT molecular complexity index is 472. The summed E-state index contributed by atoms with van der Waals surface area (Å²) in [5.41, 5.74) is 9.37. The summed E-state index contributed by atoms with van der Waals surface area (Å²) in [6.07, 6.45) is 1.82. The molecule has 2 rings (SSSR count). The fourth-order valence-electron chi connectivity index (χ4n) is 1.80. The second-order valence-electron chi connectivity index (χ2n) is 4.25. The molecule has 0 saturated heterocycles. The molecule has 84 valence electrons. The molecular formula is C13H17N3. The van der Waals surface area contributed by atoms with Crippen molar-refractivity contribution in [1.82, 2.24) is 9.78 Å². The number of benzene rings is 1. The zero-order valence-electron chi connectivity index (χ0n) is 9.72. The van der Waals surface area contributed by atoms with Crippen LogP contribution >= 0.6 is 0 Å². The van der Waals surface area contributed by atoms with Gasteiger partial charge in [0.05, 0.1) is 12.2 Å². The molecule has 2 N–H and O–H groups in total. The van der Waals surface area contributed by atoms with Crippen LogP contribution in [0.2, 0.25) is 0 Å². The summed E-state index contributed by atoms with van der Waals surface area (Å²) in [5, 5.41) is 4.30. The number of nitrogens with two attached hydrogens (primary N) is 1. The number of rotatable bonds is 3. The molecule has 3 heteroatoms. The van der Waals surface area contributed by atoms with Crippen LogP contribution in [0.1, 0.15) is 12.5 Å². The second kappa shape index (κ2) is 4.49. The second-order valence-corrected chi connectivity index (χ2v) is 4.25. The van der Waals surface area contributed by atoms with Crippen LogP contribution in [0.15, 0.2) is 36.5 Å². The Morgan fingerprint density at radius 3 is 2.88 bits per heavy atom. The third-order valence-corrected chi connectivity index (χ3v) is 2.49. The van der Waals surface area contributed by atoms with Gasteiger partial charge in [0.2, 0.25) is 0 Å². The highest BCUT2D eigenvalue weighted by atomic mass is 15.3. The van der Waals surface area contributed by atoms with Gasteiger partial charge in [0.15, 0.2) is 0 Å². The summed E-state index contributed by atoms with van der Waals surface area (Å²) in [7, 11) is 0. The molecule has 1 unspecified atom stereocenters. The molecular weight excluding hydrogens is 198 g/mol. The Hall–Kier alpha value is -1.61. The van der Waals surface area contributed by atoms with Gasteiger partial charge in [-0.2, -0.15) is 5.10 Å². The van der Waals surface area contributed by atoms with Gasteiger partial charge in [-0.15, -0.1) is 0 Å². The summed E-state index contributed by atoms with van der Waals surface area (Å²) >= 11 is 0. The van der Waals surface area contributed by atoms with Gasteiger partial charge in [0.25, 0.3) is 0 Å². The van der Waals surface area contributed by atoms with Gasteiger partial charge in [-0.05, 0) is 26.0 Å². The number of hydrogen-bond acceptors (Lipinski definition) is 2. The largest absolute Gasteiger partial charge is 0.326 e. The molecule has 1 atom stereocenters. The summed E-state index contributed by atoms with van der Waals surface area (Å²) in [6.45, 7) is 4.83. The summed E-state index contributed by atoms with van der Waals surface area (Å²) < 4.78 is 1.96. The Balaban J connectivity index is 2.37. The van der Waals surface area contributed by atoms with Crippen LogP contribution in [0, 0.1) is 6.92 Å². The van der Waals surface area contributed by atoms with E-state index in [-0.39, 0.29) is 6.04 Å². The van der Waals surface area contributed by atoms with E-state index in [1.165, 1.54) is 11.1 Å². The first kappa shape index (κ1) is 10.9. The maximum absolute atomic E-state index is 5.80. The molecule has 2 aromatic rings. The van der Waals surface area contributed by atoms with Crippen molar-refractivity contribution in [3.05, 3.63) is 42.1 Å². The van der Waals surface area contributed by atoms with E-state index in [1.54, 1.807) is 0 Å². The van der Waals surface area contributed by atoms with E-state index < -0.39 is 0 Å². The molecule has 1 aromatic heterocycles. The van der Waals surface area contributed by atoms with E-state index in [4.69, 9.17) is 5.73 Å². The molecule has 1 aromatic carbocycles. The van der Waals surface area contributed by atoms with Crippen molar-refractivity contribution in [2.45, 2.75) is 26.4 Å². The lowest BCUT2D eigenvalue weighted by Gasteiger charge is -2.10. The SMILES string of the molecule is Cc1cccc(-c2ccnn2CC(C)N)c1. The minimum Gasteiger partial charge on any atom is -0.326 e. The number of aryl methyl sites for hydroxylation is 1. The van der Waals surface area contributed by atoms with Crippen molar-refractivity contribution in [1.29, 1.82) is 0 Å². The smallest absolute Gasteiger partial charge is 0.0682 e. The van der Waals surface area contributed by atoms with Crippen LogP contribution in [0.4, 0.5) is 0 Å². The number of hydrogen-bond donors (Lipinski definition) is 1. The zero-order valence-corrected chi connectivity index (χ0v) is 9.72. The predicted molar refractivity (Wildman–Crippen MR) is 66.0 cm³/mol. The van der Waals surface area contributed by atoms with E-state index in [1.807, 2.05) is 23.9 Å². The average molecular weight is 215 g/mol. The van der Waals surface area contributed by atoms with Crippen LogP contribution in [0.25, 0.3) is 11.3 Å². The number of aromatic nitrogens is 2. The fraction of sp³-hybridized carbons (Fsp3) is 0.308. The standard InChI is InChI=1S/C13H17N3/c1-10-4-3-5-12(8-10)13-6-7-15-16(13)9-11(2)14/h3-8,11H,9,14H2,1-2H3. The van der Waals surface area contributed by atoms with Crippen LogP contribution in [-0.4, -0.2) is 15.8 Å². The van der Waals surface area contributed by atoms with E-state index in [0.29, 0.717) is 0 Å². The third kappa shape index (κ3) is 2.31. The minimum absolute atomic E-state index is 0.114. The van der Waals surface area contributed by atoms with Gasteiger partial charge >= 0.3 is 0 Å². The highest BCUT2D eigenvalue weighted by Gasteiger charge is 2.06. The van der Waals surface area contributed by atoms with E-state index in [9.17, 15) is 0 Å². The number of nitrogens with zero attached hydrogens (tertiary/aromatic N) is 2. The monoisotopic (exact) mass is 215 g/mol. The van der Waals surface area contributed by atoms with Crippen LogP contribution in [-0.2, 0) is 6.54 Å². The van der Waals surface area contributed by atoms with E-state index in [2.05, 4.69) is 36.3 Å². The van der Waals surface area contributed by atoms with Crippen molar-refractivity contribution >= 4 is 0 Å². The maximum atomic E-state index is 5.80. The van der Waals surface area contributed by atoms with E-state index in [0.717, 1.165) is 12.2 Å². The normalized spacial score (nSPS) is 12.7. The molecule has 0 radical (unpaired) electrons. The maximum Gasteiger partial charge on any atom is 0.0682 e. The first-order valence-electron chi connectivity index (χ1n) is 5.51. The lowest BCUT2D eigenvalue weighted by molar-refractivity contribution is 0.543. The lowest BCUT2D eigenvalue weighted by Crippen LogP contribution is -2.23. The van der Waals surface area contributed by atoms with Gasteiger partial charge in [-0.25, -0.2) is 0 Å². The van der Waals surface area contributed by atoms with Gasteiger partial charge < -0.3 is 5.73 Å². The first-order chi connectivity index (χ1) is 7.66. The molecule has 0 aliphatic rings. The van der Waals surface area contributed by atoms with Crippen molar-refractivity contribution < 1.29 is 0 Å². The molecule has 0 spiro atoms. The molecule has 16 heavy (non-hydrogen) atoms. The van der Waals surface area contributed by atoms with Crippen molar-refractivity contribution in [3.8, 4) is 11.3 Å². The molecule has 0 aliphatic carbocycles. The molecule has 3 nitrogen and oxygen atoms in total. The lowest BCUT2D eigenvalue weighted by atomic mass is 10.1. The Kier molecular flexibility index (Phi) is 3.06. The van der Waals surface area contributed by atoms with Gasteiger partial charge in [0.1, 0.15) is 0 Å². The molecule has 0 amide bonds. The summed E-state index contributed by atoms with van der Waals surface area (Å²) in [6, 6.07) is 10.6. The summed E-state index contributed by atoms with van der Waals surface area (Å²) in [4.78, 5) is 0. The highest BCUT2D eigenvalue weighted by Crippen LogP contribution is 2.19. The molecule has 0 fully saturated rings. The van der Waals surface area contributed by atoms with Crippen LogP contribution in [0.3, 0.4) is 0 Å². The first-order valence-corrected chi connectivity index (χ1v) is 5.51. The van der Waals surface area contributed by atoms with Crippen LogP contribution in [0.5, 0.6) is 0 Å². The highest BCUT2D eigenvalue weighted by molar-refractivity contribution is 5.60. The van der Waals surface area contributed by atoms with Crippen molar-refractivity contribution in [3.63, 3.8) is 0 Å². The molecule has 1 heterocycles. The van der Waals surface area contributed by atoms with Crippen LogP contribution < -0.4 is 5.73 Å². The summed E-state index contributed by atoms with van der Waals surface area (Å²) in [5.74, 6) is 0. The van der Waals surface area contributed by atoms with Gasteiger partial charge in [-0.1, -0.05) is 23.8 Å². The Morgan fingerprint density at radius 1 is 1.38 bits per heavy atom. The fourth-order valence-corrected chi connectivity index (χ4v) is 1.80. The molecule has 0 bridgehead atoms. The zero-order chi connectivity index (χ0) is 11.5. The molecule has 0 aliphatic heterocycles.